The van der Waals surface area contributed by atoms with E-state index in [0.29, 0.717) is 17.5 Å². The second kappa shape index (κ2) is 8.44. The topological polar surface area (TPSA) is 69.6 Å². The summed E-state index contributed by atoms with van der Waals surface area (Å²) in [5.74, 6) is 2.51. The maximum Gasteiger partial charge on any atom is 0.247 e. The van der Waals surface area contributed by atoms with Crippen molar-refractivity contribution in [2.45, 2.75) is 50.6 Å². The van der Waals surface area contributed by atoms with Crippen molar-refractivity contribution < 1.29 is 4.42 Å². The number of nitrogens with zero attached hydrogens (tertiary/aromatic N) is 5. The Morgan fingerprint density at radius 1 is 0.867 bits per heavy atom. The molecule has 0 fully saturated rings. The summed E-state index contributed by atoms with van der Waals surface area (Å²) in [5.41, 5.74) is 3.40. The fourth-order valence-electron chi connectivity index (χ4n) is 3.15. The molecule has 0 aliphatic carbocycles. The van der Waals surface area contributed by atoms with Crippen LogP contribution in [0, 0.1) is 0 Å². The first-order valence-electron chi connectivity index (χ1n) is 10.0. The van der Waals surface area contributed by atoms with E-state index >= 15 is 0 Å². The Labute approximate surface area is 180 Å². The van der Waals surface area contributed by atoms with Crippen LogP contribution in [-0.2, 0) is 17.7 Å². The normalized spacial score (nSPS) is 11.7. The van der Waals surface area contributed by atoms with Gasteiger partial charge in [0, 0.05) is 17.7 Å². The Hall–Kier alpha value is -2.93. The van der Waals surface area contributed by atoms with Crippen LogP contribution in [0.1, 0.15) is 39.1 Å². The van der Waals surface area contributed by atoms with Gasteiger partial charge in [0.05, 0.1) is 5.75 Å². The maximum atomic E-state index is 5.80. The lowest BCUT2D eigenvalue weighted by Gasteiger charge is -2.19. The summed E-state index contributed by atoms with van der Waals surface area (Å²) in [6.07, 6.45) is 0. The molecule has 4 rings (SSSR count). The van der Waals surface area contributed by atoms with Crippen LogP contribution in [0.15, 0.2) is 64.2 Å². The lowest BCUT2D eigenvalue weighted by molar-refractivity contribution is 0.528. The minimum absolute atomic E-state index is 0.126. The maximum absolute atomic E-state index is 5.80. The number of rotatable bonds is 6. The van der Waals surface area contributed by atoms with E-state index in [1.807, 2.05) is 30.3 Å². The highest BCUT2D eigenvalue weighted by Gasteiger charge is 2.17. The van der Waals surface area contributed by atoms with Crippen LogP contribution in [0.4, 0.5) is 0 Å². The smallest absolute Gasteiger partial charge is 0.247 e. The fourth-order valence-corrected chi connectivity index (χ4v) is 3.99. The molecule has 154 valence electrons. The van der Waals surface area contributed by atoms with Crippen molar-refractivity contribution in [3.8, 4) is 22.8 Å². The van der Waals surface area contributed by atoms with Crippen molar-refractivity contribution in [3.05, 3.63) is 66.1 Å². The third-order valence-electron chi connectivity index (χ3n) is 4.85. The molecule has 4 aromatic rings. The minimum Gasteiger partial charge on any atom is -0.420 e. The van der Waals surface area contributed by atoms with Gasteiger partial charge in [0.2, 0.25) is 11.8 Å². The van der Waals surface area contributed by atoms with E-state index in [0.717, 1.165) is 28.7 Å². The van der Waals surface area contributed by atoms with Gasteiger partial charge in [-0.3, -0.25) is 0 Å². The average molecular weight is 420 g/mol. The quantitative estimate of drug-likeness (QED) is 0.379. The lowest BCUT2D eigenvalue weighted by Crippen LogP contribution is -2.10. The van der Waals surface area contributed by atoms with E-state index in [4.69, 9.17) is 4.42 Å². The third-order valence-corrected chi connectivity index (χ3v) is 5.81. The van der Waals surface area contributed by atoms with E-state index in [1.165, 1.54) is 5.56 Å². The second-order valence-electron chi connectivity index (χ2n) is 8.03. The fraction of sp³-hybridized carbons (Fsp3) is 0.304. The van der Waals surface area contributed by atoms with Crippen LogP contribution in [0.25, 0.3) is 22.8 Å². The van der Waals surface area contributed by atoms with Gasteiger partial charge in [-0.25, -0.2) is 0 Å². The van der Waals surface area contributed by atoms with Crippen molar-refractivity contribution in [1.82, 2.24) is 25.0 Å². The molecule has 2 aromatic heterocycles. The SMILES string of the molecule is CCn1c(SCc2nnc(-c3ccccc3)o2)nnc1-c1ccc(C(C)(C)C)cc1. The first-order valence-corrected chi connectivity index (χ1v) is 11.0. The predicted molar refractivity (Wildman–Crippen MR) is 119 cm³/mol. The largest absolute Gasteiger partial charge is 0.420 e. The van der Waals surface area contributed by atoms with E-state index in [-0.39, 0.29) is 5.41 Å². The van der Waals surface area contributed by atoms with E-state index in [1.54, 1.807) is 11.8 Å². The Morgan fingerprint density at radius 2 is 1.60 bits per heavy atom. The molecule has 0 radical (unpaired) electrons. The molecule has 0 bridgehead atoms. The molecule has 0 aliphatic rings. The van der Waals surface area contributed by atoms with Crippen molar-refractivity contribution in [3.63, 3.8) is 0 Å². The van der Waals surface area contributed by atoms with Gasteiger partial charge >= 0.3 is 0 Å². The molecule has 0 saturated carbocycles. The van der Waals surface area contributed by atoms with Gasteiger partial charge in [-0.2, -0.15) is 0 Å². The average Bonchev–Trinajstić information content (AvgIpc) is 3.39. The van der Waals surface area contributed by atoms with E-state index < -0.39 is 0 Å². The van der Waals surface area contributed by atoms with Gasteiger partial charge in [-0.05, 0) is 30.0 Å². The molecule has 0 N–H and O–H groups in total. The molecular weight excluding hydrogens is 394 g/mol. The molecule has 0 saturated heterocycles. The molecule has 0 atom stereocenters. The first-order chi connectivity index (χ1) is 14.5. The van der Waals surface area contributed by atoms with Crippen LogP contribution < -0.4 is 0 Å². The first kappa shape index (κ1) is 20.3. The van der Waals surface area contributed by atoms with Crippen LogP contribution in [0.3, 0.4) is 0 Å². The summed E-state index contributed by atoms with van der Waals surface area (Å²) in [7, 11) is 0. The van der Waals surface area contributed by atoms with Crippen LogP contribution >= 0.6 is 11.8 Å². The van der Waals surface area contributed by atoms with E-state index in [9.17, 15) is 0 Å². The molecule has 2 heterocycles. The minimum atomic E-state index is 0.126. The number of thioether (sulfide) groups is 1. The van der Waals surface area contributed by atoms with Crippen molar-refractivity contribution in [1.29, 1.82) is 0 Å². The van der Waals surface area contributed by atoms with Crippen molar-refractivity contribution >= 4 is 11.8 Å². The molecule has 30 heavy (non-hydrogen) atoms. The second-order valence-corrected chi connectivity index (χ2v) is 8.98. The van der Waals surface area contributed by atoms with Crippen LogP contribution in [0.2, 0.25) is 0 Å². The molecular formula is C23H25N5OS. The Bertz CT molecular complexity index is 1110. The summed E-state index contributed by atoms with van der Waals surface area (Å²) in [5, 5.41) is 18.0. The summed E-state index contributed by atoms with van der Waals surface area (Å²) >= 11 is 1.55. The zero-order valence-corrected chi connectivity index (χ0v) is 18.5. The standard InChI is InChI=1S/C23H25N5OS/c1-5-28-20(16-11-13-18(14-12-16)23(2,3)4)25-27-22(28)30-15-19-24-26-21(29-19)17-9-7-6-8-10-17/h6-14H,5,15H2,1-4H3. The third kappa shape index (κ3) is 4.31. The summed E-state index contributed by atoms with van der Waals surface area (Å²) in [6, 6.07) is 18.3. The number of aromatic nitrogens is 5. The predicted octanol–water partition coefficient (Wildman–Crippen LogP) is 5.60. The summed E-state index contributed by atoms with van der Waals surface area (Å²) in [6.45, 7) is 9.52. The molecule has 0 amide bonds. The number of hydrogen-bond donors (Lipinski definition) is 0. The molecule has 0 unspecified atom stereocenters. The van der Waals surface area contributed by atoms with Crippen molar-refractivity contribution in [2.24, 2.45) is 0 Å². The van der Waals surface area contributed by atoms with Crippen molar-refractivity contribution in [2.75, 3.05) is 0 Å². The highest BCUT2D eigenvalue weighted by molar-refractivity contribution is 7.98. The highest BCUT2D eigenvalue weighted by Crippen LogP contribution is 2.29. The molecule has 7 heteroatoms. The number of benzene rings is 2. The summed E-state index contributed by atoms with van der Waals surface area (Å²) < 4.78 is 7.92. The monoisotopic (exact) mass is 419 g/mol. The number of hydrogen-bond acceptors (Lipinski definition) is 6. The molecule has 0 aliphatic heterocycles. The molecule has 6 nitrogen and oxygen atoms in total. The van der Waals surface area contributed by atoms with Gasteiger partial charge in [0.25, 0.3) is 0 Å². The van der Waals surface area contributed by atoms with Crippen LogP contribution in [0.5, 0.6) is 0 Å². The zero-order valence-electron chi connectivity index (χ0n) is 17.7. The molecule has 2 aromatic carbocycles. The Kier molecular flexibility index (Phi) is 5.72. The Morgan fingerprint density at radius 3 is 2.27 bits per heavy atom. The van der Waals surface area contributed by atoms with Gasteiger partial charge < -0.3 is 8.98 Å². The van der Waals surface area contributed by atoms with Gasteiger partial charge in [0.1, 0.15) is 0 Å². The van der Waals surface area contributed by atoms with Gasteiger partial charge in [-0.1, -0.05) is 75.0 Å². The highest BCUT2D eigenvalue weighted by atomic mass is 32.2. The van der Waals surface area contributed by atoms with Gasteiger partial charge in [-0.15, -0.1) is 20.4 Å². The van der Waals surface area contributed by atoms with Gasteiger partial charge in [0.15, 0.2) is 11.0 Å². The summed E-state index contributed by atoms with van der Waals surface area (Å²) in [4.78, 5) is 0. The molecule has 0 spiro atoms. The van der Waals surface area contributed by atoms with E-state index in [2.05, 4.69) is 76.9 Å². The Balaban J connectivity index is 1.50. The van der Waals surface area contributed by atoms with Crippen LogP contribution in [-0.4, -0.2) is 25.0 Å². The lowest BCUT2D eigenvalue weighted by atomic mass is 9.87. The zero-order chi connectivity index (χ0) is 21.1.